The van der Waals surface area contributed by atoms with Gasteiger partial charge in [-0.2, -0.15) is 0 Å². The molecule has 2 atom stereocenters. The third-order valence-corrected chi connectivity index (χ3v) is 11.1. The molecular weight excluding hydrogens is 704 g/mol. The van der Waals surface area contributed by atoms with Crippen LogP contribution in [0.1, 0.15) is 41.1 Å². The molecule has 1 unspecified atom stereocenters. The zero-order chi connectivity index (χ0) is 39.3. The Morgan fingerprint density at radius 3 is 1.89 bits per heavy atom. The molecule has 1 fully saturated rings. The number of likely N-dealkylation sites (N-methyl/N-ethyl adjacent to an activating group) is 1. The average Bonchev–Trinajstić information content (AvgIpc) is 3.21. The summed E-state index contributed by atoms with van der Waals surface area (Å²) >= 11 is 0. The van der Waals surface area contributed by atoms with Crippen molar-refractivity contribution in [1.29, 1.82) is 0 Å². The summed E-state index contributed by atoms with van der Waals surface area (Å²) in [7, 11) is 10.5. The Labute approximate surface area is 325 Å². The van der Waals surface area contributed by atoms with E-state index in [9.17, 15) is 9.59 Å². The van der Waals surface area contributed by atoms with Crippen LogP contribution in [0.3, 0.4) is 0 Å². The van der Waals surface area contributed by atoms with E-state index in [1.54, 1.807) is 35.5 Å². The number of ether oxygens (including phenoxy) is 8. The topological polar surface area (TPSA) is 108 Å². The van der Waals surface area contributed by atoms with Crippen molar-refractivity contribution in [3.05, 3.63) is 89.0 Å². The van der Waals surface area contributed by atoms with Gasteiger partial charge in [-0.25, -0.2) is 9.59 Å². The third-order valence-electron chi connectivity index (χ3n) is 11.1. The van der Waals surface area contributed by atoms with Crippen LogP contribution in [0.2, 0.25) is 0 Å². The van der Waals surface area contributed by atoms with Crippen molar-refractivity contribution >= 4 is 11.9 Å². The normalized spacial score (nSPS) is 18.9. The van der Waals surface area contributed by atoms with Crippen LogP contribution in [0.25, 0.3) is 0 Å². The van der Waals surface area contributed by atoms with Crippen LogP contribution in [0, 0.1) is 0 Å². The first-order valence-corrected chi connectivity index (χ1v) is 19.0. The van der Waals surface area contributed by atoms with Crippen molar-refractivity contribution in [3.63, 3.8) is 0 Å². The lowest BCUT2D eigenvalue weighted by Gasteiger charge is -2.46. The molecule has 0 aromatic heterocycles. The largest absolute Gasteiger partial charge is 0.497 e. The minimum atomic E-state index is -0.567. The van der Waals surface area contributed by atoms with E-state index in [1.165, 1.54) is 16.7 Å². The van der Waals surface area contributed by atoms with Crippen molar-refractivity contribution in [2.75, 3.05) is 102 Å². The van der Waals surface area contributed by atoms with Gasteiger partial charge in [0.1, 0.15) is 31.4 Å². The minimum Gasteiger partial charge on any atom is -0.497 e. The highest BCUT2D eigenvalue weighted by atomic mass is 16.5. The molecule has 3 aromatic rings. The van der Waals surface area contributed by atoms with Gasteiger partial charge in [0, 0.05) is 49.0 Å². The van der Waals surface area contributed by atoms with Crippen LogP contribution in [-0.4, -0.2) is 123 Å². The molecule has 0 bridgehead atoms. The zero-order valence-corrected chi connectivity index (χ0v) is 33.3. The summed E-state index contributed by atoms with van der Waals surface area (Å²) in [5, 5.41) is 0. The molecule has 0 saturated carbocycles. The number of hydrogen-bond donors (Lipinski definition) is 0. The summed E-state index contributed by atoms with van der Waals surface area (Å²) in [6.07, 6.45) is 5.35. The molecule has 5 rings (SSSR count). The molecule has 0 amide bonds. The highest BCUT2D eigenvalue weighted by Crippen LogP contribution is 2.42. The lowest BCUT2D eigenvalue weighted by Crippen LogP contribution is -2.55. The second-order valence-electron chi connectivity index (χ2n) is 14.5. The van der Waals surface area contributed by atoms with E-state index in [0.717, 1.165) is 90.3 Å². The number of carbonyl (C=O) groups excluding carboxylic acids is 2. The molecule has 1 saturated heterocycles. The van der Waals surface area contributed by atoms with Crippen molar-refractivity contribution < 1.29 is 56.5 Å². The molecular formula is C43H58N2O10+2. The molecule has 2 heterocycles. The Kier molecular flexibility index (Phi) is 14.8. The van der Waals surface area contributed by atoms with E-state index in [0.29, 0.717) is 43.3 Å². The predicted octanol–water partition coefficient (Wildman–Crippen LogP) is 5.49. The standard InChI is InChI=1S/C43H58N2O10/c1-44(20-17-34-29-40(51-5)41(52-6)30-36(34)37(44)27-32-9-12-35(48-2)13-10-32)18-7-23-54-42(46)15-16-43(47)55-24-8-19-45(21-25-53-26-22-45)31-33-11-14-38(49-3)39(28-33)50-4/h9-16,28-30,37H,7-8,17-27,31H2,1-6H3/q+2/b16-15-/t37-,44?/m1/s1. The van der Waals surface area contributed by atoms with Gasteiger partial charge in [0.05, 0.1) is 88.7 Å². The van der Waals surface area contributed by atoms with Crippen LogP contribution < -0.4 is 23.7 Å². The van der Waals surface area contributed by atoms with E-state index < -0.39 is 11.9 Å². The minimum absolute atomic E-state index is 0.147. The average molecular weight is 763 g/mol. The summed E-state index contributed by atoms with van der Waals surface area (Å²) in [6, 6.07) is 18.6. The number of hydrogen-bond acceptors (Lipinski definition) is 10. The van der Waals surface area contributed by atoms with Crippen molar-refractivity contribution in [2.24, 2.45) is 0 Å². The maximum Gasteiger partial charge on any atom is 0.331 e. The number of carbonyl (C=O) groups is 2. The van der Waals surface area contributed by atoms with Crippen LogP contribution >= 0.6 is 0 Å². The molecule has 12 heteroatoms. The van der Waals surface area contributed by atoms with Crippen molar-refractivity contribution in [1.82, 2.24) is 0 Å². The van der Waals surface area contributed by atoms with E-state index in [1.807, 2.05) is 24.3 Å². The van der Waals surface area contributed by atoms with E-state index >= 15 is 0 Å². The van der Waals surface area contributed by atoms with Crippen molar-refractivity contribution in [3.8, 4) is 28.7 Å². The lowest BCUT2D eigenvalue weighted by molar-refractivity contribution is -0.947. The molecule has 0 spiro atoms. The summed E-state index contributed by atoms with van der Waals surface area (Å²) in [5.74, 6) is 2.53. The molecule has 12 nitrogen and oxygen atoms in total. The molecule has 298 valence electrons. The number of fused-ring (bicyclic) bond motifs is 1. The number of rotatable bonds is 19. The van der Waals surface area contributed by atoms with Gasteiger partial charge < -0.3 is 46.9 Å². The Balaban J connectivity index is 1.10. The lowest BCUT2D eigenvalue weighted by atomic mass is 9.86. The van der Waals surface area contributed by atoms with Gasteiger partial charge in [-0.3, -0.25) is 0 Å². The molecule has 2 aliphatic rings. The monoisotopic (exact) mass is 762 g/mol. The number of esters is 2. The van der Waals surface area contributed by atoms with Gasteiger partial charge in [-0.15, -0.1) is 0 Å². The summed E-state index contributed by atoms with van der Waals surface area (Å²) in [4.78, 5) is 25.1. The highest BCUT2D eigenvalue weighted by molar-refractivity contribution is 5.91. The summed E-state index contributed by atoms with van der Waals surface area (Å²) in [5.41, 5.74) is 4.84. The maximum atomic E-state index is 12.6. The van der Waals surface area contributed by atoms with Gasteiger partial charge >= 0.3 is 11.9 Å². The van der Waals surface area contributed by atoms with Gasteiger partial charge in [0.25, 0.3) is 0 Å². The second kappa shape index (κ2) is 19.7. The fraction of sp³-hybridized carbons (Fsp3) is 0.488. The second-order valence-corrected chi connectivity index (χ2v) is 14.5. The number of quaternary nitrogens is 2. The zero-order valence-electron chi connectivity index (χ0n) is 33.3. The quantitative estimate of drug-likeness (QED) is 0.0674. The van der Waals surface area contributed by atoms with E-state index in [-0.39, 0.29) is 19.3 Å². The van der Waals surface area contributed by atoms with Gasteiger partial charge in [-0.1, -0.05) is 12.1 Å². The Hall–Kier alpha value is -4.78. The van der Waals surface area contributed by atoms with Crippen molar-refractivity contribution in [2.45, 2.75) is 38.3 Å². The Morgan fingerprint density at radius 2 is 1.27 bits per heavy atom. The van der Waals surface area contributed by atoms with Gasteiger partial charge in [-0.05, 0) is 53.6 Å². The fourth-order valence-electron chi connectivity index (χ4n) is 7.87. The first-order valence-electron chi connectivity index (χ1n) is 19.0. The summed E-state index contributed by atoms with van der Waals surface area (Å²) < 4.78 is 45.8. The predicted molar refractivity (Wildman–Crippen MR) is 208 cm³/mol. The molecule has 55 heavy (non-hydrogen) atoms. The Morgan fingerprint density at radius 1 is 0.691 bits per heavy atom. The molecule has 2 aliphatic heterocycles. The molecule has 0 N–H and O–H groups in total. The fourth-order valence-corrected chi connectivity index (χ4v) is 7.87. The third kappa shape index (κ3) is 10.9. The van der Waals surface area contributed by atoms with E-state index in [2.05, 4.69) is 37.4 Å². The number of nitrogens with zero attached hydrogens (tertiary/aromatic N) is 2. The van der Waals surface area contributed by atoms with Crippen LogP contribution in [-0.2, 0) is 43.2 Å². The Bertz CT molecular complexity index is 1750. The molecule has 3 aromatic carbocycles. The van der Waals surface area contributed by atoms with Gasteiger partial charge in [0.15, 0.2) is 23.0 Å². The number of benzene rings is 3. The van der Waals surface area contributed by atoms with Crippen LogP contribution in [0.15, 0.2) is 66.7 Å². The first kappa shape index (κ1) is 41.4. The molecule has 0 aliphatic carbocycles. The SMILES string of the molecule is COc1ccc(C[C@@H]2c3cc(OC)c(OC)cc3CC[N+]2(C)CCCOC(=O)/C=C\C(=O)OCCC[N+]2(Cc3ccc(OC)c(OC)c3)CCOCC2)cc1. The number of methoxy groups -OCH3 is 5. The van der Waals surface area contributed by atoms with Crippen LogP contribution in [0.5, 0.6) is 28.7 Å². The van der Waals surface area contributed by atoms with Crippen LogP contribution in [0.4, 0.5) is 0 Å². The number of morpholine rings is 1. The highest BCUT2D eigenvalue weighted by Gasteiger charge is 2.40. The first-order chi connectivity index (χ1) is 26.6. The maximum absolute atomic E-state index is 12.6. The van der Waals surface area contributed by atoms with E-state index in [4.69, 9.17) is 37.9 Å². The molecule has 0 radical (unpaired) electrons. The smallest absolute Gasteiger partial charge is 0.331 e. The van der Waals surface area contributed by atoms with Gasteiger partial charge in [0.2, 0.25) is 0 Å². The summed E-state index contributed by atoms with van der Waals surface area (Å²) in [6.45, 7) is 6.94.